The van der Waals surface area contributed by atoms with Crippen LogP contribution in [0.4, 0.5) is 0 Å². The molecule has 0 unspecified atom stereocenters. The molecule has 0 spiro atoms. The fourth-order valence-electron chi connectivity index (χ4n) is 1.83. The average Bonchev–Trinajstić information content (AvgIpc) is 2.71. The summed E-state index contributed by atoms with van der Waals surface area (Å²) < 4.78 is 8.12. The molecule has 1 heterocycles. The van der Waals surface area contributed by atoms with Gasteiger partial charge in [0.2, 0.25) is 5.91 Å². The Hall–Kier alpha value is -1.11. The minimum Gasteiger partial charge on any atom is -0.370 e. The van der Waals surface area contributed by atoms with E-state index >= 15 is 0 Å². The fraction of sp³-hybridized carbons (Fsp3) is 0.333. The summed E-state index contributed by atoms with van der Waals surface area (Å²) in [6, 6.07) is 5.85. The number of nitrogens with zero attached hydrogens (tertiary/aromatic N) is 2. The number of carbonyl (C=O) groups is 1. The maximum atomic E-state index is 10.6. The summed E-state index contributed by atoms with van der Waals surface area (Å²) in [5.74, 6) is 0.622. The Labute approximate surface area is 123 Å². The van der Waals surface area contributed by atoms with Crippen LogP contribution in [0.1, 0.15) is 5.82 Å². The van der Waals surface area contributed by atoms with Gasteiger partial charge in [-0.3, -0.25) is 4.79 Å². The summed E-state index contributed by atoms with van der Waals surface area (Å²) in [6.45, 7) is 0.885. The predicted octanol–water partition coefficient (Wildman–Crippen LogP) is 2.04. The van der Waals surface area contributed by atoms with Crippen molar-refractivity contribution in [2.24, 2.45) is 5.73 Å². The molecule has 19 heavy (non-hydrogen) atoms. The Morgan fingerprint density at radius 3 is 3.00 bits per heavy atom. The number of benzene rings is 1. The van der Waals surface area contributed by atoms with Gasteiger partial charge in [-0.05, 0) is 18.2 Å². The molecule has 7 heteroatoms. The van der Waals surface area contributed by atoms with Crippen molar-refractivity contribution in [3.63, 3.8) is 0 Å². The zero-order valence-electron chi connectivity index (χ0n) is 10.1. The van der Waals surface area contributed by atoms with Crippen LogP contribution >= 0.6 is 27.5 Å². The molecule has 5 nitrogen and oxygen atoms in total. The van der Waals surface area contributed by atoms with E-state index in [9.17, 15) is 4.79 Å². The number of halogens is 2. The number of fused-ring (bicyclic) bond motifs is 1. The maximum absolute atomic E-state index is 10.6. The van der Waals surface area contributed by atoms with E-state index in [0.29, 0.717) is 19.0 Å². The van der Waals surface area contributed by atoms with Crippen molar-refractivity contribution in [1.29, 1.82) is 0 Å². The molecule has 0 radical (unpaired) electrons. The highest BCUT2D eigenvalue weighted by molar-refractivity contribution is 9.10. The lowest BCUT2D eigenvalue weighted by Gasteiger charge is -2.07. The maximum Gasteiger partial charge on any atom is 0.243 e. The van der Waals surface area contributed by atoms with Crippen LogP contribution in [-0.4, -0.2) is 28.7 Å². The number of alkyl halides is 1. The Morgan fingerprint density at radius 1 is 1.53 bits per heavy atom. The monoisotopic (exact) mass is 345 g/mol. The zero-order valence-corrected chi connectivity index (χ0v) is 12.4. The quantitative estimate of drug-likeness (QED) is 0.643. The molecule has 2 aromatic rings. The van der Waals surface area contributed by atoms with E-state index in [1.807, 2.05) is 22.8 Å². The van der Waals surface area contributed by atoms with Gasteiger partial charge in [0.15, 0.2) is 0 Å². The SMILES string of the molecule is NC(=O)COCCn1c(CCl)nc2cc(Br)ccc21. The standard InChI is InChI=1S/C12H13BrClN3O2/c13-8-1-2-10-9(5-8)16-12(6-14)17(10)3-4-19-7-11(15)18/h1-2,5H,3-4,6-7H2,(H2,15,18). The van der Waals surface area contributed by atoms with Gasteiger partial charge >= 0.3 is 0 Å². The van der Waals surface area contributed by atoms with E-state index in [0.717, 1.165) is 21.3 Å². The van der Waals surface area contributed by atoms with E-state index in [-0.39, 0.29) is 6.61 Å². The largest absolute Gasteiger partial charge is 0.370 e. The number of imidazole rings is 1. The number of rotatable bonds is 6. The Morgan fingerprint density at radius 2 is 2.32 bits per heavy atom. The molecule has 2 N–H and O–H groups in total. The number of amides is 1. The van der Waals surface area contributed by atoms with Crippen molar-refractivity contribution in [1.82, 2.24) is 9.55 Å². The van der Waals surface area contributed by atoms with Gasteiger partial charge in [-0.15, -0.1) is 11.6 Å². The lowest BCUT2D eigenvalue weighted by atomic mass is 10.3. The smallest absolute Gasteiger partial charge is 0.243 e. The molecule has 1 aromatic carbocycles. The van der Waals surface area contributed by atoms with Crippen LogP contribution in [0.25, 0.3) is 11.0 Å². The highest BCUT2D eigenvalue weighted by Gasteiger charge is 2.10. The molecule has 0 aliphatic carbocycles. The zero-order chi connectivity index (χ0) is 13.8. The van der Waals surface area contributed by atoms with Gasteiger partial charge < -0.3 is 15.0 Å². The average molecular weight is 347 g/mol. The summed E-state index contributed by atoms with van der Waals surface area (Å²) in [6.07, 6.45) is 0. The number of aromatic nitrogens is 2. The van der Waals surface area contributed by atoms with Gasteiger partial charge in [-0.2, -0.15) is 0 Å². The normalized spacial score (nSPS) is 11.1. The van der Waals surface area contributed by atoms with Gasteiger partial charge in [-0.25, -0.2) is 4.98 Å². The van der Waals surface area contributed by atoms with Gasteiger partial charge in [0.05, 0.1) is 23.5 Å². The lowest BCUT2D eigenvalue weighted by molar-refractivity contribution is -0.122. The number of hydrogen-bond acceptors (Lipinski definition) is 3. The minimum absolute atomic E-state index is 0.0750. The summed E-state index contributed by atoms with van der Waals surface area (Å²) in [7, 11) is 0. The van der Waals surface area contributed by atoms with Crippen molar-refractivity contribution in [3.8, 4) is 0 Å². The van der Waals surface area contributed by atoms with Gasteiger partial charge in [0, 0.05) is 11.0 Å². The second-order valence-electron chi connectivity index (χ2n) is 3.97. The summed E-state index contributed by atoms with van der Waals surface area (Å²) >= 11 is 9.31. The van der Waals surface area contributed by atoms with E-state index in [4.69, 9.17) is 22.1 Å². The van der Waals surface area contributed by atoms with Crippen LogP contribution in [0.3, 0.4) is 0 Å². The first kappa shape index (κ1) is 14.3. The number of nitrogens with two attached hydrogens (primary N) is 1. The summed E-state index contributed by atoms with van der Waals surface area (Å²) in [4.78, 5) is 15.0. The third-order valence-electron chi connectivity index (χ3n) is 2.61. The lowest BCUT2D eigenvalue weighted by Crippen LogP contribution is -2.20. The topological polar surface area (TPSA) is 70.1 Å². The molecule has 1 aromatic heterocycles. The van der Waals surface area contributed by atoms with Crippen molar-refractivity contribution < 1.29 is 9.53 Å². The predicted molar refractivity (Wildman–Crippen MR) is 77.0 cm³/mol. The van der Waals surface area contributed by atoms with E-state index in [2.05, 4.69) is 20.9 Å². The molecule has 1 amide bonds. The fourth-order valence-corrected chi connectivity index (χ4v) is 2.39. The molecule has 0 aliphatic rings. The van der Waals surface area contributed by atoms with Crippen LogP contribution in [0, 0.1) is 0 Å². The van der Waals surface area contributed by atoms with E-state index in [1.165, 1.54) is 0 Å². The first-order valence-electron chi connectivity index (χ1n) is 5.68. The van der Waals surface area contributed by atoms with Gasteiger partial charge in [-0.1, -0.05) is 15.9 Å². The highest BCUT2D eigenvalue weighted by atomic mass is 79.9. The second kappa shape index (κ2) is 6.36. The summed E-state index contributed by atoms with van der Waals surface area (Å²) in [5.41, 5.74) is 6.87. The molecule has 0 saturated carbocycles. The molecule has 0 aliphatic heterocycles. The van der Waals surface area contributed by atoms with E-state index < -0.39 is 5.91 Å². The molecule has 0 bridgehead atoms. The molecule has 102 valence electrons. The number of carbonyl (C=O) groups excluding carboxylic acids is 1. The summed E-state index contributed by atoms with van der Waals surface area (Å²) in [5, 5.41) is 0. The Balaban J connectivity index is 2.18. The van der Waals surface area contributed by atoms with Gasteiger partial charge in [0.1, 0.15) is 12.4 Å². The molecular formula is C12H13BrClN3O2. The third kappa shape index (κ3) is 3.46. The second-order valence-corrected chi connectivity index (χ2v) is 5.15. The van der Waals surface area contributed by atoms with Crippen LogP contribution in [0.2, 0.25) is 0 Å². The van der Waals surface area contributed by atoms with Crippen molar-refractivity contribution in [3.05, 3.63) is 28.5 Å². The van der Waals surface area contributed by atoms with E-state index in [1.54, 1.807) is 0 Å². The van der Waals surface area contributed by atoms with Crippen LogP contribution in [0.5, 0.6) is 0 Å². The highest BCUT2D eigenvalue weighted by Crippen LogP contribution is 2.21. The number of hydrogen-bond donors (Lipinski definition) is 1. The van der Waals surface area contributed by atoms with Gasteiger partial charge in [0.25, 0.3) is 0 Å². The van der Waals surface area contributed by atoms with Crippen LogP contribution in [-0.2, 0) is 22.0 Å². The van der Waals surface area contributed by atoms with Crippen LogP contribution in [0.15, 0.2) is 22.7 Å². The molecule has 2 rings (SSSR count). The number of primary amides is 1. The molecule has 0 saturated heterocycles. The van der Waals surface area contributed by atoms with Crippen molar-refractivity contribution in [2.45, 2.75) is 12.4 Å². The minimum atomic E-state index is -0.475. The van der Waals surface area contributed by atoms with Crippen molar-refractivity contribution in [2.75, 3.05) is 13.2 Å². The Kier molecular flexibility index (Phi) is 4.79. The molecule has 0 atom stereocenters. The number of ether oxygens (including phenoxy) is 1. The third-order valence-corrected chi connectivity index (χ3v) is 3.34. The molecule has 0 fully saturated rings. The van der Waals surface area contributed by atoms with Crippen LogP contribution < -0.4 is 5.73 Å². The van der Waals surface area contributed by atoms with Crippen molar-refractivity contribution >= 4 is 44.5 Å². The first-order chi connectivity index (χ1) is 9.11. The first-order valence-corrected chi connectivity index (χ1v) is 7.01. The molecular weight excluding hydrogens is 334 g/mol. The Bertz CT molecular complexity index is 600.